The maximum atomic E-state index is 10.6. The normalized spacial score (nSPS) is 18.4. The van der Waals surface area contributed by atoms with Crippen LogP contribution in [0.15, 0.2) is 24.3 Å². The lowest BCUT2D eigenvalue weighted by molar-refractivity contribution is -0.384. The predicted octanol–water partition coefficient (Wildman–Crippen LogP) is 1.74. The number of hydrogen-bond acceptors (Lipinski definition) is 5. The van der Waals surface area contributed by atoms with Gasteiger partial charge >= 0.3 is 0 Å². The zero-order chi connectivity index (χ0) is 13.5. The molecule has 0 aliphatic carbocycles. The van der Waals surface area contributed by atoms with E-state index in [9.17, 15) is 10.1 Å². The lowest BCUT2D eigenvalue weighted by Crippen LogP contribution is -2.29. The predicted molar refractivity (Wildman–Crippen MR) is 70.4 cm³/mol. The van der Waals surface area contributed by atoms with Gasteiger partial charge in [-0.2, -0.15) is 0 Å². The van der Waals surface area contributed by atoms with Crippen molar-refractivity contribution in [3.63, 3.8) is 0 Å². The molecular formula is C13H18N2O4. The highest BCUT2D eigenvalue weighted by Gasteiger charge is 2.14. The number of benzene rings is 1. The first-order valence-corrected chi connectivity index (χ1v) is 6.45. The van der Waals surface area contributed by atoms with E-state index >= 15 is 0 Å². The van der Waals surface area contributed by atoms with Crippen LogP contribution in [0.3, 0.4) is 0 Å². The molecule has 0 bridgehead atoms. The number of nitrogens with zero attached hydrogens (tertiary/aromatic N) is 1. The van der Waals surface area contributed by atoms with Crippen molar-refractivity contribution in [1.29, 1.82) is 0 Å². The molecule has 0 amide bonds. The number of nitrogens with one attached hydrogen (secondary N) is 1. The van der Waals surface area contributed by atoms with Crippen molar-refractivity contribution in [1.82, 2.24) is 5.32 Å². The average molecular weight is 266 g/mol. The van der Waals surface area contributed by atoms with Crippen LogP contribution >= 0.6 is 0 Å². The molecule has 1 aliphatic rings. The molecule has 1 aliphatic heterocycles. The van der Waals surface area contributed by atoms with Crippen LogP contribution in [0.2, 0.25) is 0 Å². The van der Waals surface area contributed by atoms with Gasteiger partial charge < -0.3 is 14.8 Å². The Hall–Kier alpha value is -1.66. The fraction of sp³-hybridized carbons (Fsp3) is 0.538. The quantitative estimate of drug-likeness (QED) is 0.462. The van der Waals surface area contributed by atoms with Crippen molar-refractivity contribution in [2.24, 2.45) is 0 Å². The van der Waals surface area contributed by atoms with E-state index in [0.717, 1.165) is 26.0 Å². The first-order valence-electron chi connectivity index (χ1n) is 6.45. The molecule has 0 unspecified atom stereocenters. The van der Waals surface area contributed by atoms with Gasteiger partial charge in [-0.15, -0.1) is 0 Å². The van der Waals surface area contributed by atoms with Crippen LogP contribution in [0.25, 0.3) is 0 Å². The van der Waals surface area contributed by atoms with E-state index in [2.05, 4.69) is 5.32 Å². The number of rotatable bonds is 7. The third-order valence-corrected chi connectivity index (χ3v) is 2.97. The van der Waals surface area contributed by atoms with Gasteiger partial charge in [0.25, 0.3) is 5.69 Å². The van der Waals surface area contributed by atoms with E-state index in [-0.39, 0.29) is 5.69 Å². The van der Waals surface area contributed by atoms with E-state index in [1.807, 2.05) is 0 Å². The van der Waals surface area contributed by atoms with Crippen LogP contribution in [0.1, 0.15) is 12.8 Å². The summed E-state index contributed by atoms with van der Waals surface area (Å²) in [5.74, 6) is 0.521. The summed E-state index contributed by atoms with van der Waals surface area (Å²) in [6.45, 7) is 2.87. The maximum absolute atomic E-state index is 10.6. The second-order valence-electron chi connectivity index (χ2n) is 4.44. The molecule has 2 rings (SSSR count). The van der Waals surface area contributed by atoms with Gasteiger partial charge in [-0.05, 0) is 18.9 Å². The van der Waals surface area contributed by atoms with Crippen molar-refractivity contribution in [2.45, 2.75) is 18.9 Å². The minimum atomic E-state index is -0.428. The summed E-state index contributed by atoms with van der Waals surface area (Å²) < 4.78 is 10.9. The van der Waals surface area contributed by atoms with Crippen LogP contribution in [-0.4, -0.2) is 37.3 Å². The largest absolute Gasteiger partial charge is 0.492 e. The Morgan fingerprint density at radius 3 is 3.16 bits per heavy atom. The zero-order valence-corrected chi connectivity index (χ0v) is 10.7. The second-order valence-corrected chi connectivity index (χ2v) is 4.44. The van der Waals surface area contributed by atoms with Gasteiger partial charge in [0.1, 0.15) is 12.4 Å². The Morgan fingerprint density at radius 2 is 2.42 bits per heavy atom. The molecule has 19 heavy (non-hydrogen) atoms. The van der Waals surface area contributed by atoms with Crippen molar-refractivity contribution in [3.8, 4) is 5.75 Å². The Kier molecular flexibility index (Phi) is 5.11. The fourth-order valence-electron chi connectivity index (χ4n) is 2.00. The van der Waals surface area contributed by atoms with Crippen molar-refractivity contribution in [3.05, 3.63) is 34.4 Å². The molecule has 1 heterocycles. The van der Waals surface area contributed by atoms with E-state index in [4.69, 9.17) is 9.47 Å². The van der Waals surface area contributed by atoms with Gasteiger partial charge in [0, 0.05) is 25.8 Å². The smallest absolute Gasteiger partial charge is 0.273 e. The van der Waals surface area contributed by atoms with Crippen molar-refractivity contribution < 1.29 is 14.4 Å². The SMILES string of the molecule is O=[N+]([O-])c1cccc(OCCNC[C@H]2CCCO2)c1. The molecule has 104 valence electrons. The highest BCUT2D eigenvalue weighted by Crippen LogP contribution is 2.18. The lowest BCUT2D eigenvalue weighted by Gasteiger charge is -2.11. The highest BCUT2D eigenvalue weighted by atomic mass is 16.6. The summed E-state index contributed by atoms with van der Waals surface area (Å²) in [5, 5.41) is 13.9. The number of nitro benzene ring substituents is 1. The summed E-state index contributed by atoms with van der Waals surface area (Å²) in [6.07, 6.45) is 2.56. The van der Waals surface area contributed by atoms with E-state index < -0.39 is 4.92 Å². The summed E-state index contributed by atoms with van der Waals surface area (Å²) in [7, 11) is 0. The number of hydrogen-bond donors (Lipinski definition) is 1. The molecule has 6 heteroatoms. The number of ether oxygens (including phenoxy) is 2. The van der Waals surface area contributed by atoms with Crippen molar-refractivity contribution >= 4 is 5.69 Å². The summed E-state index contributed by atoms with van der Waals surface area (Å²) in [6, 6.07) is 6.21. The Bertz CT molecular complexity index is 419. The second kappa shape index (κ2) is 7.06. The van der Waals surface area contributed by atoms with Gasteiger partial charge in [-0.3, -0.25) is 10.1 Å². The first-order chi connectivity index (χ1) is 9.25. The molecule has 0 spiro atoms. The molecule has 0 saturated carbocycles. The zero-order valence-electron chi connectivity index (χ0n) is 10.7. The summed E-state index contributed by atoms with van der Waals surface area (Å²) in [4.78, 5) is 10.2. The summed E-state index contributed by atoms with van der Waals surface area (Å²) >= 11 is 0. The molecule has 0 aromatic heterocycles. The Labute approximate surface area is 111 Å². The lowest BCUT2D eigenvalue weighted by atomic mass is 10.2. The monoisotopic (exact) mass is 266 g/mol. The van der Waals surface area contributed by atoms with Gasteiger partial charge in [-0.1, -0.05) is 6.07 Å². The van der Waals surface area contributed by atoms with Crippen LogP contribution in [0.5, 0.6) is 5.75 Å². The van der Waals surface area contributed by atoms with Crippen LogP contribution in [0.4, 0.5) is 5.69 Å². The molecular weight excluding hydrogens is 248 g/mol. The fourth-order valence-corrected chi connectivity index (χ4v) is 2.00. The van der Waals surface area contributed by atoms with Crippen LogP contribution in [0, 0.1) is 10.1 Å². The highest BCUT2D eigenvalue weighted by molar-refractivity contribution is 5.37. The molecule has 1 N–H and O–H groups in total. The van der Waals surface area contributed by atoms with Gasteiger partial charge in [0.05, 0.1) is 17.1 Å². The van der Waals surface area contributed by atoms with E-state index in [1.165, 1.54) is 12.1 Å². The summed E-state index contributed by atoms with van der Waals surface area (Å²) in [5.41, 5.74) is 0.0461. The van der Waals surface area contributed by atoms with Crippen molar-refractivity contribution in [2.75, 3.05) is 26.3 Å². The van der Waals surface area contributed by atoms with Gasteiger partial charge in [0.2, 0.25) is 0 Å². The molecule has 1 atom stereocenters. The average Bonchev–Trinajstić information content (AvgIpc) is 2.92. The van der Waals surface area contributed by atoms with Crippen LogP contribution in [-0.2, 0) is 4.74 Å². The molecule has 1 aromatic carbocycles. The third kappa shape index (κ3) is 4.50. The molecule has 1 fully saturated rings. The minimum Gasteiger partial charge on any atom is -0.492 e. The molecule has 1 aromatic rings. The maximum Gasteiger partial charge on any atom is 0.273 e. The topological polar surface area (TPSA) is 73.6 Å². The van der Waals surface area contributed by atoms with E-state index in [1.54, 1.807) is 12.1 Å². The first kappa shape index (κ1) is 13.8. The Balaban J connectivity index is 1.64. The molecule has 6 nitrogen and oxygen atoms in total. The number of nitro groups is 1. The molecule has 1 saturated heterocycles. The van der Waals surface area contributed by atoms with Gasteiger partial charge in [0.15, 0.2) is 0 Å². The minimum absolute atomic E-state index is 0.0461. The van der Waals surface area contributed by atoms with Gasteiger partial charge in [-0.25, -0.2) is 0 Å². The van der Waals surface area contributed by atoms with E-state index in [0.29, 0.717) is 25.0 Å². The molecule has 0 radical (unpaired) electrons. The number of non-ortho nitro benzene ring substituents is 1. The standard InChI is InChI=1S/C13H18N2O4/c16-15(17)11-3-1-4-12(9-11)19-8-6-14-10-13-5-2-7-18-13/h1,3-4,9,13-14H,2,5-8,10H2/t13-/m1/s1. The van der Waals surface area contributed by atoms with Crippen LogP contribution < -0.4 is 10.1 Å². The Morgan fingerprint density at radius 1 is 1.53 bits per heavy atom. The third-order valence-electron chi connectivity index (χ3n) is 2.97.